The van der Waals surface area contributed by atoms with Crippen LogP contribution in [0.25, 0.3) is 10.9 Å². The van der Waals surface area contributed by atoms with Gasteiger partial charge in [-0.15, -0.1) is 0 Å². The average molecular weight is 448 g/mol. The number of anilines is 1. The highest BCUT2D eigenvalue weighted by Gasteiger charge is 2.27. The molecule has 1 aromatic heterocycles. The van der Waals surface area contributed by atoms with Gasteiger partial charge in [0.25, 0.3) is 5.91 Å². The maximum Gasteiger partial charge on any atom is 0.272 e. The summed E-state index contributed by atoms with van der Waals surface area (Å²) in [5, 5.41) is 3.97. The number of carbonyl (C=O) groups is 1. The van der Waals surface area contributed by atoms with E-state index < -0.39 is 10.0 Å². The van der Waals surface area contributed by atoms with Crippen molar-refractivity contribution >= 4 is 44.1 Å². The second kappa shape index (κ2) is 8.03. The summed E-state index contributed by atoms with van der Waals surface area (Å²) in [4.78, 5) is 16.1. The number of amides is 1. The molecule has 158 valence electrons. The number of hydrogen-bond donors (Lipinski definition) is 2. The van der Waals surface area contributed by atoms with Gasteiger partial charge in [-0.2, -0.15) is 4.31 Å². The highest BCUT2D eigenvalue weighted by Crippen LogP contribution is 2.29. The number of aromatic amines is 1. The molecular weight excluding hydrogens is 426 g/mol. The Morgan fingerprint density at radius 3 is 2.60 bits per heavy atom. The predicted molar refractivity (Wildman–Crippen MR) is 117 cm³/mol. The van der Waals surface area contributed by atoms with Crippen LogP contribution in [-0.4, -0.2) is 49.9 Å². The Morgan fingerprint density at radius 1 is 1.13 bits per heavy atom. The van der Waals surface area contributed by atoms with Crippen molar-refractivity contribution in [2.24, 2.45) is 0 Å². The van der Waals surface area contributed by atoms with Gasteiger partial charge >= 0.3 is 0 Å². The lowest BCUT2D eigenvalue weighted by molar-refractivity contribution is 0.0730. The number of sulfonamides is 1. The number of rotatable bonds is 4. The van der Waals surface area contributed by atoms with Crippen LogP contribution < -0.4 is 5.32 Å². The Bertz CT molecular complexity index is 1230. The summed E-state index contributed by atoms with van der Waals surface area (Å²) in [5.41, 5.74) is 3.43. The number of nitrogens with one attached hydrogen (secondary N) is 2. The van der Waals surface area contributed by atoms with Crippen LogP contribution in [-0.2, 0) is 14.8 Å². The Kier molecular flexibility index (Phi) is 5.59. The van der Waals surface area contributed by atoms with E-state index in [2.05, 4.69) is 10.3 Å². The number of aryl methyl sites for hydroxylation is 2. The number of hydrogen-bond acceptors (Lipinski definition) is 4. The highest BCUT2D eigenvalue weighted by molar-refractivity contribution is 7.89. The molecular formula is C21H22ClN3O4S. The van der Waals surface area contributed by atoms with E-state index in [1.165, 1.54) is 22.5 Å². The van der Waals surface area contributed by atoms with Gasteiger partial charge in [-0.25, -0.2) is 8.42 Å². The lowest BCUT2D eigenvalue weighted by Crippen LogP contribution is -2.40. The first-order valence-electron chi connectivity index (χ1n) is 9.55. The third-order valence-electron chi connectivity index (χ3n) is 5.23. The molecule has 1 saturated heterocycles. The van der Waals surface area contributed by atoms with E-state index >= 15 is 0 Å². The first kappa shape index (κ1) is 20.9. The fraction of sp³-hybridized carbons (Fsp3) is 0.286. The highest BCUT2D eigenvalue weighted by atomic mass is 35.5. The Balaban J connectivity index is 1.64. The second-order valence-corrected chi connectivity index (χ2v) is 9.63. The Labute approximate surface area is 180 Å². The van der Waals surface area contributed by atoms with Gasteiger partial charge in [0.2, 0.25) is 10.0 Å². The van der Waals surface area contributed by atoms with Crippen LogP contribution in [0.2, 0.25) is 5.02 Å². The van der Waals surface area contributed by atoms with Crippen LogP contribution in [0, 0.1) is 13.8 Å². The number of nitrogens with zero attached hydrogens (tertiary/aromatic N) is 1. The molecule has 0 atom stereocenters. The molecule has 1 aliphatic rings. The molecule has 0 saturated carbocycles. The maximum atomic E-state index is 12.9. The van der Waals surface area contributed by atoms with Gasteiger partial charge in [-0.05, 0) is 49.7 Å². The molecule has 0 bridgehead atoms. The largest absolute Gasteiger partial charge is 0.379 e. The SMILES string of the molecule is Cc1ccc2[nH]c(C(=O)Nc3cc(S(=O)(=O)N4CCOCC4)ccc3Cl)c(C)c2c1. The van der Waals surface area contributed by atoms with Crippen LogP contribution in [0.5, 0.6) is 0 Å². The molecule has 2 N–H and O–H groups in total. The van der Waals surface area contributed by atoms with Crippen LogP contribution in [0.4, 0.5) is 5.69 Å². The fourth-order valence-corrected chi connectivity index (χ4v) is 5.15. The molecule has 30 heavy (non-hydrogen) atoms. The van der Waals surface area contributed by atoms with E-state index in [0.717, 1.165) is 22.0 Å². The minimum atomic E-state index is -3.70. The summed E-state index contributed by atoms with van der Waals surface area (Å²) < 4.78 is 32.4. The minimum absolute atomic E-state index is 0.0769. The zero-order valence-electron chi connectivity index (χ0n) is 16.7. The molecule has 7 nitrogen and oxygen atoms in total. The first-order chi connectivity index (χ1) is 14.3. The smallest absolute Gasteiger partial charge is 0.272 e. The maximum absolute atomic E-state index is 12.9. The second-order valence-electron chi connectivity index (χ2n) is 7.29. The molecule has 3 aromatic rings. The van der Waals surface area contributed by atoms with Crippen molar-refractivity contribution in [2.45, 2.75) is 18.7 Å². The van der Waals surface area contributed by atoms with Crippen molar-refractivity contribution in [3.8, 4) is 0 Å². The Hall–Kier alpha value is -2.39. The van der Waals surface area contributed by atoms with Crippen molar-refractivity contribution < 1.29 is 17.9 Å². The van der Waals surface area contributed by atoms with E-state index in [-0.39, 0.29) is 21.5 Å². The number of morpholine rings is 1. The molecule has 0 radical (unpaired) electrons. The third-order valence-corrected chi connectivity index (χ3v) is 7.46. The van der Waals surface area contributed by atoms with Gasteiger partial charge < -0.3 is 15.0 Å². The number of fused-ring (bicyclic) bond motifs is 1. The standard InChI is InChI=1S/C21H22ClN3O4S/c1-13-3-6-18-16(11-13)14(2)20(23-18)21(26)24-19-12-15(4-5-17(19)22)30(27,28)25-7-9-29-10-8-25/h3-6,11-12,23H,7-10H2,1-2H3,(H,24,26). The van der Waals surface area contributed by atoms with Crippen LogP contribution in [0.15, 0.2) is 41.3 Å². The first-order valence-corrected chi connectivity index (χ1v) is 11.4. The third kappa shape index (κ3) is 3.83. The van der Waals surface area contributed by atoms with E-state index in [9.17, 15) is 13.2 Å². The molecule has 1 aliphatic heterocycles. The van der Waals surface area contributed by atoms with Gasteiger partial charge in [0.1, 0.15) is 5.69 Å². The topological polar surface area (TPSA) is 91.5 Å². The molecule has 0 aliphatic carbocycles. The lowest BCUT2D eigenvalue weighted by Gasteiger charge is -2.26. The van der Waals surface area contributed by atoms with Crippen molar-refractivity contribution in [2.75, 3.05) is 31.6 Å². The predicted octanol–water partition coefficient (Wildman–Crippen LogP) is 3.71. The quantitative estimate of drug-likeness (QED) is 0.637. The monoisotopic (exact) mass is 447 g/mol. The number of ether oxygens (including phenoxy) is 1. The number of benzene rings is 2. The van der Waals surface area contributed by atoms with Gasteiger partial charge in [-0.3, -0.25) is 4.79 Å². The average Bonchev–Trinajstić information content (AvgIpc) is 3.06. The molecule has 0 unspecified atom stereocenters. The summed E-state index contributed by atoms with van der Waals surface area (Å²) in [6.45, 7) is 5.16. The minimum Gasteiger partial charge on any atom is -0.379 e. The zero-order chi connectivity index (χ0) is 21.5. The molecule has 0 spiro atoms. The number of H-pyrrole nitrogens is 1. The van der Waals surface area contributed by atoms with E-state index in [0.29, 0.717) is 32.0 Å². The van der Waals surface area contributed by atoms with Crippen LogP contribution >= 0.6 is 11.6 Å². The van der Waals surface area contributed by atoms with Crippen molar-refractivity contribution in [1.82, 2.24) is 9.29 Å². The van der Waals surface area contributed by atoms with E-state index in [4.69, 9.17) is 16.3 Å². The van der Waals surface area contributed by atoms with Gasteiger partial charge in [-0.1, -0.05) is 23.2 Å². The van der Waals surface area contributed by atoms with Crippen molar-refractivity contribution in [3.05, 3.63) is 58.2 Å². The molecule has 2 aromatic carbocycles. The normalized spacial score (nSPS) is 15.4. The molecule has 2 heterocycles. The summed E-state index contributed by atoms with van der Waals surface area (Å²) >= 11 is 6.25. The zero-order valence-corrected chi connectivity index (χ0v) is 18.2. The number of carbonyl (C=O) groups excluding carboxylic acids is 1. The van der Waals surface area contributed by atoms with Gasteiger partial charge in [0.15, 0.2) is 0 Å². The molecule has 1 fully saturated rings. The summed E-state index contributed by atoms with van der Waals surface area (Å²) in [7, 11) is -3.70. The van der Waals surface area contributed by atoms with Crippen LogP contribution in [0.1, 0.15) is 21.6 Å². The molecule has 9 heteroatoms. The van der Waals surface area contributed by atoms with Crippen molar-refractivity contribution in [1.29, 1.82) is 0 Å². The molecule has 1 amide bonds. The van der Waals surface area contributed by atoms with Gasteiger partial charge in [0.05, 0.1) is 28.8 Å². The summed E-state index contributed by atoms with van der Waals surface area (Å²) in [5.74, 6) is -0.385. The lowest BCUT2D eigenvalue weighted by atomic mass is 10.1. The number of halogens is 1. The summed E-state index contributed by atoms with van der Waals surface area (Å²) in [6.07, 6.45) is 0. The van der Waals surface area contributed by atoms with Crippen LogP contribution in [0.3, 0.4) is 0 Å². The van der Waals surface area contributed by atoms with E-state index in [1.54, 1.807) is 0 Å². The van der Waals surface area contributed by atoms with Gasteiger partial charge in [0, 0.05) is 24.0 Å². The Morgan fingerprint density at radius 2 is 1.87 bits per heavy atom. The summed E-state index contributed by atoms with van der Waals surface area (Å²) in [6, 6.07) is 10.2. The fourth-order valence-electron chi connectivity index (χ4n) is 3.55. The van der Waals surface area contributed by atoms with E-state index in [1.807, 2.05) is 32.0 Å². The number of aromatic nitrogens is 1. The van der Waals surface area contributed by atoms with Crippen molar-refractivity contribution in [3.63, 3.8) is 0 Å². The molecule has 4 rings (SSSR count).